The molecule has 1 aliphatic heterocycles. The van der Waals surface area contributed by atoms with Crippen LogP contribution in [0.2, 0.25) is 0 Å². The molecule has 3 N–H and O–H groups in total. The van der Waals surface area contributed by atoms with Crippen LogP contribution in [0.25, 0.3) is 0 Å². The number of amidine groups is 1. The van der Waals surface area contributed by atoms with Crippen LogP contribution in [-0.4, -0.2) is 34.3 Å². The number of aliphatic imine (C=N–C) groups is 1. The van der Waals surface area contributed by atoms with Crippen molar-refractivity contribution in [2.75, 3.05) is 12.2 Å². The van der Waals surface area contributed by atoms with E-state index < -0.39 is 42.0 Å². The lowest BCUT2D eigenvalue weighted by atomic mass is 9.86. The summed E-state index contributed by atoms with van der Waals surface area (Å²) >= 11 is 0.381. The first kappa shape index (κ1) is 22.8. The molecule has 31 heavy (non-hydrogen) atoms. The highest BCUT2D eigenvalue weighted by Gasteiger charge is 2.48. The Kier molecular flexibility index (Phi) is 6.39. The Bertz CT molecular complexity index is 1000. The van der Waals surface area contributed by atoms with Gasteiger partial charge < -0.3 is 15.8 Å². The number of rotatable bonds is 5. The number of ether oxygens (including phenoxy) is 1. The molecule has 0 saturated carbocycles. The van der Waals surface area contributed by atoms with E-state index in [-0.39, 0.29) is 27.9 Å². The topological polar surface area (TPSA) is 89.6 Å². The lowest BCUT2D eigenvalue weighted by Crippen LogP contribution is -2.40. The molecular weight excluding hydrogens is 443 g/mol. The number of nitrogens with one attached hydrogen (secondary N) is 1. The third kappa shape index (κ3) is 5.24. The third-order valence-electron chi connectivity index (χ3n) is 4.56. The standard InChI is InChI=1S/C19H17F5N4O2S/c1-18(7-15(19(22,23)24)31-17(25)28-18)12-6-10(2-4-13(12)21)27-16(29)14-5-3-11(8-26-14)30-9-20/h2-6,8,15H,7,9H2,1H3,(H2,25,28)(H,27,29)/t15-,18-/m0/s1. The number of thioether (sulfide) groups is 1. The summed E-state index contributed by atoms with van der Waals surface area (Å²) in [5, 5.41) is 0.349. The number of halogens is 5. The van der Waals surface area contributed by atoms with Gasteiger partial charge in [-0.1, -0.05) is 11.8 Å². The van der Waals surface area contributed by atoms with Gasteiger partial charge in [-0.3, -0.25) is 9.79 Å². The molecule has 0 unspecified atom stereocenters. The molecule has 0 saturated heterocycles. The maximum Gasteiger partial charge on any atom is 0.401 e. The van der Waals surface area contributed by atoms with E-state index in [1.807, 2.05) is 0 Å². The molecule has 6 nitrogen and oxygen atoms in total. The number of alkyl halides is 4. The van der Waals surface area contributed by atoms with Crippen molar-refractivity contribution in [1.82, 2.24) is 4.98 Å². The number of anilines is 1. The number of amides is 1. The summed E-state index contributed by atoms with van der Waals surface area (Å²) in [4.78, 5) is 20.3. The van der Waals surface area contributed by atoms with Crippen molar-refractivity contribution in [2.45, 2.75) is 30.3 Å². The van der Waals surface area contributed by atoms with Crippen LogP contribution in [-0.2, 0) is 5.54 Å². The van der Waals surface area contributed by atoms with Gasteiger partial charge in [0, 0.05) is 11.3 Å². The zero-order valence-electron chi connectivity index (χ0n) is 16.0. The van der Waals surface area contributed by atoms with Crippen molar-refractivity contribution in [3.05, 3.63) is 53.6 Å². The maximum atomic E-state index is 14.6. The third-order valence-corrected chi connectivity index (χ3v) is 5.61. The molecule has 1 amide bonds. The van der Waals surface area contributed by atoms with Gasteiger partial charge in [-0.25, -0.2) is 13.8 Å². The van der Waals surface area contributed by atoms with E-state index in [0.29, 0.717) is 11.8 Å². The van der Waals surface area contributed by atoms with Crippen molar-refractivity contribution < 1.29 is 31.5 Å². The number of nitrogens with two attached hydrogens (primary N) is 1. The zero-order valence-corrected chi connectivity index (χ0v) is 16.9. The van der Waals surface area contributed by atoms with Gasteiger partial charge in [-0.15, -0.1) is 0 Å². The first-order valence-corrected chi connectivity index (χ1v) is 9.75. The molecular formula is C19H17F5N4O2S. The minimum absolute atomic E-state index is 0.0308. The highest BCUT2D eigenvalue weighted by atomic mass is 32.2. The van der Waals surface area contributed by atoms with E-state index in [1.165, 1.54) is 31.2 Å². The van der Waals surface area contributed by atoms with Crippen molar-refractivity contribution in [3.63, 3.8) is 0 Å². The second-order valence-corrected chi connectivity index (χ2v) is 8.08. The van der Waals surface area contributed by atoms with Crippen LogP contribution in [0.1, 0.15) is 29.4 Å². The summed E-state index contributed by atoms with van der Waals surface area (Å²) in [6.45, 7) is 0.304. The summed E-state index contributed by atoms with van der Waals surface area (Å²) in [6, 6.07) is 6.13. The number of carbonyl (C=O) groups excluding carboxylic acids is 1. The number of aromatic nitrogens is 1. The average molecular weight is 460 g/mol. The van der Waals surface area contributed by atoms with E-state index in [4.69, 9.17) is 5.73 Å². The molecule has 3 rings (SSSR count). The quantitative estimate of drug-likeness (QED) is 0.647. The molecule has 0 aliphatic carbocycles. The highest BCUT2D eigenvalue weighted by molar-refractivity contribution is 8.14. The van der Waals surface area contributed by atoms with Crippen LogP contribution in [0, 0.1) is 5.82 Å². The Morgan fingerprint density at radius 1 is 1.35 bits per heavy atom. The van der Waals surface area contributed by atoms with E-state index >= 15 is 0 Å². The number of pyridine rings is 1. The molecule has 2 aromatic rings. The summed E-state index contributed by atoms with van der Waals surface area (Å²) in [6.07, 6.45) is -3.91. The molecule has 1 aromatic carbocycles. The van der Waals surface area contributed by atoms with E-state index in [2.05, 4.69) is 20.0 Å². The van der Waals surface area contributed by atoms with Crippen LogP contribution in [0.3, 0.4) is 0 Å². The van der Waals surface area contributed by atoms with E-state index in [1.54, 1.807) is 0 Å². The Labute approximate surface area is 178 Å². The van der Waals surface area contributed by atoms with Crippen LogP contribution in [0.4, 0.5) is 27.6 Å². The summed E-state index contributed by atoms with van der Waals surface area (Å²) < 4.78 is 71.1. The Morgan fingerprint density at radius 3 is 2.71 bits per heavy atom. The van der Waals surface area contributed by atoms with Gasteiger partial charge in [0.1, 0.15) is 22.5 Å². The molecule has 0 fully saturated rings. The second-order valence-electron chi connectivity index (χ2n) is 6.86. The van der Waals surface area contributed by atoms with Crippen LogP contribution < -0.4 is 15.8 Å². The van der Waals surface area contributed by atoms with Crippen LogP contribution >= 0.6 is 11.8 Å². The number of hydrogen-bond donors (Lipinski definition) is 2. The van der Waals surface area contributed by atoms with Crippen LogP contribution in [0.5, 0.6) is 5.75 Å². The molecule has 166 valence electrons. The first-order chi connectivity index (χ1) is 14.5. The predicted octanol–water partition coefficient (Wildman–Crippen LogP) is 4.38. The van der Waals surface area contributed by atoms with Gasteiger partial charge in [0.2, 0.25) is 6.86 Å². The number of carbonyl (C=O) groups is 1. The Morgan fingerprint density at radius 2 is 2.10 bits per heavy atom. The molecule has 0 radical (unpaired) electrons. The Balaban J connectivity index is 1.86. The average Bonchev–Trinajstić information content (AvgIpc) is 2.69. The number of benzene rings is 1. The largest absolute Gasteiger partial charge is 0.461 e. The highest BCUT2D eigenvalue weighted by Crippen LogP contribution is 2.45. The fraction of sp³-hybridized carbons (Fsp3) is 0.316. The first-order valence-electron chi connectivity index (χ1n) is 8.87. The molecule has 0 spiro atoms. The van der Waals surface area contributed by atoms with Gasteiger partial charge in [0.05, 0.1) is 11.7 Å². The molecule has 1 aliphatic rings. The van der Waals surface area contributed by atoms with E-state index in [9.17, 15) is 26.7 Å². The monoisotopic (exact) mass is 460 g/mol. The number of nitrogens with zero attached hydrogens (tertiary/aromatic N) is 2. The van der Waals surface area contributed by atoms with Gasteiger partial charge in [0.25, 0.3) is 5.91 Å². The summed E-state index contributed by atoms with van der Waals surface area (Å²) in [7, 11) is 0. The second kappa shape index (κ2) is 8.69. The normalized spacial score (nSPS) is 21.4. The zero-order chi connectivity index (χ0) is 22.8. The van der Waals surface area contributed by atoms with Crippen molar-refractivity contribution in [3.8, 4) is 5.75 Å². The van der Waals surface area contributed by atoms with Gasteiger partial charge in [-0.05, 0) is 43.7 Å². The van der Waals surface area contributed by atoms with Crippen molar-refractivity contribution >= 4 is 28.5 Å². The fourth-order valence-corrected chi connectivity index (χ4v) is 4.18. The maximum absolute atomic E-state index is 14.6. The lowest BCUT2D eigenvalue weighted by Gasteiger charge is -2.35. The van der Waals surface area contributed by atoms with Gasteiger partial charge in [-0.2, -0.15) is 13.2 Å². The van der Waals surface area contributed by atoms with Crippen molar-refractivity contribution in [1.29, 1.82) is 0 Å². The number of hydrogen-bond acceptors (Lipinski definition) is 6. The minimum atomic E-state index is -4.54. The summed E-state index contributed by atoms with van der Waals surface area (Å²) in [5.41, 5.74) is 3.97. The lowest BCUT2D eigenvalue weighted by molar-refractivity contribution is -0.132. The molecule has 0 bridgehead atoms. The smallest absolute Gasteiger partial charge is 0.401 e. The molecule has 1 aromatic heterocycles. The minimum Gasteiger partial charge on any atom is -0.461 e. The van der Waals surface area contributed by atoms with Gasteiger partial charge >= 0.3 is 6.18 Å². The molecule has 12 heteroatoms. The molecule has 2 atom stereocenters. The van der Waals surface area contributed by atoms with Crippen LogP contribution in [0.15, 0.2) is 41.5 Å². The predicted molar refractivity (Wildman–Crippen MR) is 106 cm³/mol. The molecule has 2 heterocycles. The summed E-state index contributed by atoms with van der Waals surface area (Å²) in [5.74, 6) is -1.32. The van der Waals surface area contributed by atoms with Gasteiger partial charge in [0.15, 0.2) is 5.17 Å². The van der Waals surface area contributed by atoms with E-state index in [0.717, 1.165) is 12.3 Å². The SMILES string of the molecule is C[C@@]1(c2cc(NC(=O)c3ccc(OCF)cn3)ccc2F)C[C@@H](C(F)(F)F)SC(N)=N1. The van der Waals surface area contributed by atoms with Crippen molar-refractivity contribution in [2.24, 2.45) is 10.7 Å². The fourth-order valence-electron chi connectivity index (χ4n) is 3.09. The Hall–Kier alpha value is -2.89.